The molecule has 0 saturated carbocycles. The Morgan fingerprint density at radius 3 is 2.84 bits per heavy atom. The summed E-state index contributed by atoms with van der Waals surface area (Å²) < 4.78 is 5.40. The number of benzene rings is 1. The molecule has 3 rings (SSSR count). The minimum Gasteiger partial charge on any atom is -0.484 e. The molecule has 0 fully saturated rings. The van der Waals surface area contributed by atoms with E-state index in [1.807, 2.05) is 17.5 Å². The molecule has 0 saturated heterocycles. The molecule has 0 atom stereocenters. The maximum absolute atomic E-state index is 11.8. The normalized spacial score (nSPS) is 10.4. The maximum atomic E-state index is 11.8. The predicted octanol–water partition coefficient (Wildman–Crippen LogP) is 3.60. The van der Waals surface area contributed by atoms with Gasteiger partial charge in [-0.05, 0) is 36.4 Å². The van der Waals surface area contributed by atoms with E-state index >= 15 is 0 Å². The van der Waals surface area contributed by atoms with Crippen molar-refractivity contribution in [3.05, 3.63) is 64.2 Å². The van der Waals surface area contributed by atoms with E-state index in [4.69, 9.17) is 16.3 Å². The standard InChI is InChI=1S/C18H16ClN3O2S/c19-14-3-5-15(6-4-14)24-11-17(23)21-9-7-18-22-16(12-25-18)13-2-1-8-20-10-13/h1-6,8,10,12H,7,9,11H2,(H,21,23). The summed E-state index contributed by atoms with van der Waals surface area (Å²) >= 11 is 7.37. The van der Waals surface area contributed by atoms with Crippen LogP contribution < -0.4 is 10.1 Å². The number of nitrogens with one attached hydrogen (secondary N) is 1. The average molecular weight is 374 g/mol. The highest BCUT2D eigenvalue weighted by Crippen LogP contribution is 2.21. The van der Waals surface area contributed by atoms with E-state index in [0.29, 0.717) is 23.7 Å². The summed E-state index contributed by atoms with van der Waals surface area (Å²) in [7, 11) is 0. The van der Waals surface area contributed by atoms with E-state index in [9.17, 15) is 4.79 Å². The second-order valence-corrected chi connectivity index (χ2v) is 6.59. The number of pyridine rings is 1. The topological polar surface area (TPSA) is 64.1 Å². The van der Waals surface area contributed by atoms with Crippen molar-refractivity contribution in [2.45, 2.75) is 6.42 Å². The number of hydrogen-bond donors (Lipinski definition) is 1. The van der Waals surface area contributed by atoms with E-state index in [1.54, 1.807) is 48.0 Å². The van der Waals surface area contributed by atoms with Crippen molar-refractivity contribution >= 4 is 28.8 Å². The number of thiazole rings is 1. The van der Waals surface area contributed by atoms with E-state index in [-0.39, 0.29) is 12.5 Å². The van der Waals surface area contributed by atoms with Gasteiger partial charge in [0.1, 0.15) is 5.75 Å². The molecule has 0 aliphatic rings. The number of carbonyl (C=O) groups excluding carboxylic acids is 1. The second-order valence-electron chi connectivity index (χ2n) is 5.21. The first kappa shape index (κ1) is 17.4. The fourth-order valence-electron chi connectivity index (χ4n) is 2.11. The SMILES string of the molecule is O=C(COc1ccc(Cl)cc1)NCCc1nc(-c2cccnc2)cs1. The van der Waals surface area contributed by atoms with Crippen LogP contribution in [0.2, 0.25) is 5.02 Å². The summed E-state index contributed by atoms with van der Waals surface area (Å²) in [6.45, 7) is 0.489. The van der Waals surface area contributed by atoms with Gasteiger partial charge in [-0.1, -0.05) is 11.6 Å². The van der Waals surface area contributed by atoms with Crippen molar-refractivity contribution in [2.75, 3.05) is 13.2 Å². The molecule has 0 aliphatic heterocycles. The molecule has 1 N–H and O–H groups in total. The summed E-state index contributed by atoms with van der Waals surface area (Å²) in [5, 5.41) is 6.42. The first-order valence-corrected chi connectivity index (χ1v) is 8.96. The van der Waals surface area contributed by atoms with Gasteiger partial charge in [0.05, 0.1) is 10.7 Å². The predicted molar refractivity (Wildman–Crippen MR) is 99.0 cm³/mol. The van der Waals surface area contributed by atoms with Gasteiger partial charge >= 0.3 is 0 Å². The molecule has 7 heteroatoms. The van der Waals surface area contributed by atoms with Crippen LogP contribution in [0.15, 0.2) is 54.2 Å². The van der Waals surface area contributed by atoms with Gasteiger partial charge < -0.3 is 10.1 Å². The lowest BCUT2D eigenvalue weighted by Gasteiger charge is -2.06. The van der Waals surface area contributed by atoms with Crippen molar-refractivity contribution in [1.29, 1.82) is 0 Å². The Balaban J connectivity index is 1.41. The van der Waals surface area contributed by atoms with E-state index in [2.05, 4.69) is 15.3 Å². The Morgan fingerprint density at radius 2 is 2.08 bits per heavy atom. The number of halogens is 1. The lowest BCUT2D eigenvalue weighted by molar-refractivity contribution is -0.123. The lowest BCUT2D eigenvalue weighted by Crippen LogP contribution is -2.30. The van der Waals surface area contributed by atoms with Crippen LogP contribution in [0.5, 0.6) is 5.75 Å². The zero-order valence-corrected chi connectivity index (χ0v) is 14.9. The van der Waals surface area contributed by atoms with Crippen molar-refractivity contribution in [2.24, 2.45) is 0 Å². The number of ether oxygens (including phenoxy) is 1. The Labute approximate surface area is 154 Å². The molecule has 5 nitrogen and oxygen atoms in total. The molecule has 0 aliphatic carbocycles. The Morgan fingerprint density at radius 1 is 1.24 bits per heavy atom. The molecule has 2 aromatic heterocycles. The summed E-state index contributed by atoms with van der Waals surface area (Å²) in [4.78, 5) is 20.5. The average Bonchev–Trinajstić information content (AvgIpc) is 3.11. The molecule has 0 bridgehead atoms. The van der Waals surface area contributed by atoms with E-state index in [1.165, 1.54) is 0 Å². The van der Waals surface area contributed by atoms with E-state index in [0.717, 1.165) is 16.3 Å². The van der Waals surface area contributed by atoms with Crippen LogP contribution in [0.3, 0.4) is 0 Å². The van der Waals surface area contributed by atoms with Gasteiger partial charge in [0.15, 0.2) is 6.61 Å². The minimum atomic E-state index is -0.168. The molecular formula is C18H16ClN3O2S. The minimum absolute atomic E-state index is 0.0273. The van der Waals surface area contributed by atoms with E-state index < -0.39 is 0 Å². The summed E-state index contributed by atoms with van der Waals surface area (Å²) in [5.74, 6) is 0.444. The van der Waals surface area contributed by atoms with Crippen molar-refractivity contribution in [3.63, 3.8) is 0 Å². The zero-order valence-electron chi connectivity index (χ0n) is 13.3. The van der Waals surface area contributed by atoms with Gasteiger partial charge in [0, 0.05) is 41.3 Å². The fourth-order valence-corrected chi connectivity index (χ4v) is 3.05. The highest BCUT2D eigenvalue weighted by atomic mass is 35.5. The number of carbonyl (C=O) groups is 1. The molecule has 128 valence electrons. The monoisotopic (exact) mass is 373 g/mol. The summed E-state index contributed by atoms with van der Waals surface area (Å²) in [5.41, 5.74) is 1.90. The molecule has 25 heavy (non-hydrogen) atoms. The number of hydrogen-bond acceptors (Lipinski definition) is 5. The van der Waals surface area contributed by atoms with Crippen LogP contribution in [0.25, 0.3) is 11.3 Å². The third kappa shape index (κ3) is 5.27. The number of nitrogens with zero attached hydrogens (tertiary/aromatic N) is 2. The summed E-state index contributed by atoms with van der Waals surface area (Å²) in [6, 6.07) is 10.8. The van der Waals surface area contributed by atoms with Crippen LogP contribution in [0.1, 0.15) is 5.01 Å². The second kappa shape index (κ2) is 8.60. The van der Waals surface area contributed by atoms with Crippen LogP contribution in [0.4, 0.5) is 0 Å². The first-order valence-electron chi connectivity index (χ1n) is 7.70. The van der Waals surface area contributed by atoms with Gasteiger partial charge in [-0.2, -0.15) is 0 Å². The molecule has 1 amide bonds. The van der Waals surface area contributed by atoms with Crippen LogP contribution in [0, 0.1) is 0 Å². The molecule has 0 radical (unpaired) electrons. The number of aromatic nitrogens is 2. The maximum Gasteiger partial charge on any atom is 0.257 e. The molecule has 0 spiro atoms. The van der Waals surface area contributed by atoms with Gasteiger partial charge in [-0.25, -0.2) is 4.98 Å². The molecule has 0 unspecified atom stereocenters. The Kier molecular flexibility index (Phi) is 5.98. The zero-order chi connectivity index (χ0) is 17.5. The van der Waals surface area contributed by atoms with Gasteiger partial charge in [0.25, 0.3) is 5.91 Å². The van der Waals surface area contributed by atoms with Crippen LogP contribution in [-0.4, -0.2) is 29.0 Å². The fraction of sp³-hybridized carbons (Fsp3) is 0.167. The smallest absolute Gasteiger partial charge is 0.257 e. The lowest BCUT2D eigenvalue weighted by atomic mass is 10.2. The van der Waals surface area contributed by atoms with Gasteiger partial charge in [0.2, 0.25) is 0 Å². The largest absolute Gasteiger partial charge is 0.484 e. The first-order chi connectivity index (χ1) is 12.2. The summed E-state index contributed by atoms with van der Waals surface area (Å²) in [6.07, 6.45) is 4.20. The highest BCUT2D eigenvalue weighted by Gasteiger charge is 2.06. The van der Waals surface area contributed by atoms with Gasteiger partial charge in [-0.15, -0.1) is 11.3 Å². The third-order valence-electron chi connectivity index (χ3n) is 3.35. The Bertz CT molecular complexity index is 822. The number of rotatable bonds is 7. The third-order valence-corrected chi connectivity index (χ3v) is 4.51. The van der Waals surface area contributed by atoms with Crippen molar-refractivity contribution in [1.82, 2.24) is 15.3 Å². The number of amides is 1. The molecule has 1 aromatic carbocycles. The highest BCUT2D eigenvalue weighted by molar-refractivity contribution is 7.09. The van der Waals surface area contributed by atoms with Crippen molar-refractivity contribution in [3.8, 4) is 17.0 Å². The quantitative estimate of drug-likeness (QED) is 0.687. The van der Waals surface area contributed by atoms with Crippen molar-refractivity contribution < 1.29 is 9.53 Å². The van der Waals surface area contributed by atoms with Crippen LogP contribution in [-0.2, 0) is 11.2 Å². The molecule has 3 aromatic rings. The Hall–Kier alpha value is -2.44. The molecule has 2 heterocycles. The van der Waals surface area contributed by atoms with Crippen LogP contribution >= 0.6 is 22.9 Å². The molecular weight excluding hydrogens is 358 g/mol. The van der Waals surface area contributed by atoms with Gasteiger partial charge in [-0.3, -0.25) is 9.78 Å².